The monoisotopic (exact) mass is 368 g/mol. The van der Waals surface area contributed by atoms with Gasteiger partial charge < -0.3 is 10.2 Å². The lowest BCUT2D eigenvalue weighted by Gasteiger charge is -2.25. The predicted octanol–water partition coefficient (Wildman–Crippen LogP) is 4.62. The van der Waals surface area contributed by atoms with Crippen molar-refractivity contribution in [3.63, 3.8) is 0 Å². The number of benzene rings is 1. The van der Waals surface area contributed by atoms with Gasteiger partial charge >= 0.3 is 0 Å². The van der Waals surface area contributed by atoms with Crippen molar-refractivity contribution in [1.82, 2.24) is 20.3 Å². The van der Waals surface area contributed by atoms with Crippen molar-refractivity contribution < 1.29 is 4.63 Å². The van der Waals surface area contributed by atoms with Gasteiger partial charge in [-0.2, -0.15) is 0 Å². The van der Waals surface area contributed by atoms with Crippen LogP contribution in [-0.2, 0) is 0 Å². The molecule has 2 aromatic heterocycles. The maximum absolute atomic E-state index is 4.98. The van der Waals surface area contributed by atoms with Crippen LogP contribution >= 0.6 is 0 Å². The molecule has 0 amide bonds. The van der Waals surface area contributed by atoms with Crippen LogP contribution in [0.4, 0.5) is 17.3 Å². The Morgan fingerprint density at radius 1 is 0.926 bits per heavy atom. The van der Waals surface area contributed by atoms with Gasteiger partial charge in [-0.05, 0) is 62.0 Å². The number of fused-ring (bicyclic) bond motifs is 1. The van der Waals surface area contributed by atoms with Crippen LogP contribution in [0.2, 0.25) is 0 Å². The van der Waals surface area contributed by atoms with Gasteiger partial charge in [0.15, 0.2) is 5.52 Å². The molecule has 0 atom stereocenters. The molecule has 0 unspecified atom stereocenters. The first-order chi connectivity index (χ1) is 13.0. The summed E-state index contributed by atoms with van der Waals surface area (Å²) in [6.45, 7) is 14.4. The number of aryl methyl sites for hydroxylation is 3. The summed E-state index contributed by atoms with van der Waals surface area (Å²) in [5, 5.41) is 11.6. The summed E-state index contributed by atoms with van der Waals surface area (Å²) in [5.41, 5.74) is 5.53. The van der Waals surface area contributed by atoms with Crippen molar-refractivity contribution >= 4 is 28.4 Å². The Bertz CT molecular complexity index is 943. The smallest absolute Gasteiger partial charge is 0.159 e. The van der Waals surface area contributed by atoms with E-state index in [4.69, 9.17) is 9.61 Å². The van der Waals surface area contributed by atoms with Gasteiger partial charge in [0.05, 0.1) is 5.69 Å². The van der Waals surface area contributed by atoms with E-state index < -0.39 is 0 Å². The SMILES string of the molecule is CCCN(CCC)c1nc(C)nc(Nc2c(C)cc(C)c3nonc23)c1C. The van der Waals surface area contributed by atoms with E-state index in [1.54, 1.807) is 0 Å². The number of nitrogens with one attached hydrogen (secondary N) is 1. The van der Waals surface area contributed by atoms with Crippen LogP contribution in [-0.4, -0.2) is 33.4 Å². The van der Waals surface area contributed by atoms with Gasteiger partial charge in [-0.25, -0.2) is 14.6 Å². The third-order valence-corrected chi connectivity index (χ3v) is 4.69. The second-order valence-corrected chi connectivity index (χ2v) is 7.03. The van der Waals surface area contributed by atoms with Gasteiger partial charge in [-0.3, -0.25) is 0 Å². The zero-order chi connectivity index (χ0) is 19.6. The number of aromatic nitrogens is 4. The summed E-state index contributed by atoms with van der Waals surface area (Å²) in [6, 6.07) is 2.08. The molecule has 0 bridgehead atoms. The molecule has 0 aliphatic carbocycles. The molecule has 0 radical (unpaired) electrons. The van der Waals surface area contributed by atoms with Crippen LogP contribution in [0.3, 0.4) is 0 Å². The maximum Gasteiger partial charge on any atom is 0.159 e. The van der Waals surface area contributed by atoms with Gasteiger partial charge in [0.1, 0.15) is 23.0 Å². The Balaban J connectivity index is 2.07. The molecule has 3 rings (SSSR count). The van der Waals surface area contributed by atoms with Crippen molar-refractivity contribution in [2.24, 2.45) is 0 Å². The summed E-state index contributed by atoms with van der Waals surface area (Å²) in [6.07, 6.45) is 2.15. The molecule has 0 saturated heterocycles. The van der Waals surface area contributed by atoms with E-state index in [0.717, 1.165) is 76.8 Å². The quantitative estimate of drug-likeness (QED) is 0.652. The minimum Gasteiger partial charge on any atom is -0.356 e. The van der Waals surface area contributed by atoms with Crippen LogP contribution in [0.1, 0.15) is 49.2 Å². The molecule has 1 aromatic carbocycles. The number of rotatable bonds is 7. The fourth-order valence-electron chi connectivity index (χ4n) is 3.45. The van der Waals surface area contributed by atoms with Gasteiger partial charge in [0, 0.05) is 18.7 Å². The Labute approximate surface area is 160 Å². The molecular formula is C20H28N6O. The van der Waals surface area contributed by atoms with Crippen LogP contribution in [0.15, 0.2) is 10.7 Å². The van der Waals surface area contributed by atoms with E-state index >= 15 is 0 Å². The summed E-state index contributed by atoms with van der Waals surface area (Å²) < 4.78 is 4.98. The zero-order valence-corrected chi connectivity index (χ0v) is 17.1. The van der Waals surface area contributed by atoms with Gasteiger partial charge in [-0.1, -0.05) is 19.9 Å². The van der Waals surface area contributed by atoms with E-state index in [-0.39, 0.29) is 0 Å². The Morgan fingerprint density at radius 2 is 1.59 bits per heavy atom. The van der Waals surface area contributed by atoms with Crippen LogP contribution in [0.25, 0.3) is 11.0 Å². The fraction of sp³-hybridized carbons (Fsp3) is 0.500. The van der Waals surface area contributed by atoms with E-state index in [2.05, 4.69) is 52.4 Å². The Morgan fingerprint density at radius 3 is 2.26 bits per heavy atom. The van der Waals surface area contributed by atoms with E-state index in [9.17, 15) is 0 Å². The topological polar surface area (TPSA) is 80.0 Å². The molecule has 0 saturated carbocycles. The highest BCUT2D eigenvalue weighted by Gasteiger charge is 2.18. The van der Waals surface area contributed by atoms with Gasteiger partial charge in [0.25, 0.3) is 0 Å². The molecular weight excluding hydrogens is 340 g/mol. The Hall–Kier alpha value is -2.70. The number of hydrogen-bond donors (Lipinski definition) is 1. The lowest BCUT2D eigenvalue weighted by atomic mass is 10.1. The first-order valence-corrected chi connectivity index (χ1v) is 9.55. The van der Waals surface area contributed by atoms with Crippen LogP contribution < -0.4 is 10.2 Å². The molecule has 0 aliphatic heterocycles. The lowest BCUT2D eigenvalue weighted by Crippen LogP contribution is -2.27. The number of hydrogen-bond acceptors (Lipinski definition) is 7. The zero-order valence-electron chi connectivity index (χ0n) is 17.1. The molecule has 3 aromatic rings. The van der Waals surface area contributed by atoms with E-state index in [0.29, 0.717) is 0 Å². The van der Waals surface area contributed by atoms with E-state index in [1.807, 2.05) is 20.8 Å². The Kier molecular flexibility index (Phi) is 5.58. The molecule has 2 heterocycles. The third kappa shape index (κ3) is 3.72. The van der Waals surface area contributed by atoms with Crippen molar-refractivity contribution in [3.05, 3.63) is 28.6 Å². The summed E-state index contributed by atoms with van der Waals surface area (Å²) >= 11 is 0. The summed E-state index contributed by atoms with van der Waals surface area (Å²) in [4.78, 5) is 11.7. The molecule has 1 N–H and O–H groups in total. The van der Waals surface area contributed by atoms with Crippen molar-refractivity contribution in [3.8, 4) is 0 Å². The molecule has 27 heavy (non-hydrogen) atoms. The first-order valence-electron chi connectivity index (χ1n) is 9.55. The molecule has 7 nitrogen and oxygen atoms in total. The third-order valence-electron chi connectivity index (χ3n) is 4.69. The number of anilines is 3. The highest BCUT2D eigenvalue weighted by atomic mass is 16.6. The average Bonchev–Trinajstić information content (AvgIpc) is 3.11. The normalized spacial score (nSPS) is 11.2. The largest absolute Gasteiger partial charge is 0.356 e. The minimum atomic E-state index is 0.726. The van der Waals surface area contributed by atoms with Crippen LogP contribution in [0.5, 0.6) is 0 Å². The van der Waals surface area contributed by atoms with Gasteiger partial charge in [0.2, 0.25) is 0 Å². The second kappa shape index (κ2) is 7.90. The molecule has 0 aliphatic rings. The fourth-order valence-corrected chi connectivity index (χ4v) is 3.45. The van der Waals surface area contributed by atoms with Crippen molar-refractivity contribution in [2.45, 2.75) is 54.4 Å². The lowest BCUT2D eigenvalue weighted by molar-refractivity contribution is 0.315. The average molecular weight is 368 g/mol. The standard InChI is InChI=1S/C20H28N6O/c1-7-9-26(10-8-2)20-14(5)19(21-15(6)22-20)23-16-12(3)11-13(4)17-18(16)25-27-24-17/h11H,7-10H2,1-6H3,(H,21,22,23). The number of nitrogens with zero attached hydrogens (tertiary/aromatic N) is 5. The molecule has 144 valence electrons. The highest BCUT2D eigenvalue weighted by Crippen LogP contribution is 2.32. The first kappa shape index (κ1) is 19.1. The highest BCUT2D eigenvalue weighted by molar-refractivity contribution is 5.93. The summed E-state index contributed by atoms with van der Waals surface area (Å²) in [5.74, 6) is 2.54. The van der Waals surface area contributed by atoms with Crippen molar-refractivity contribution in [1.29, 1.82) is 0 Å². The van der Waals surface area contributed by atoms with Gasteiger partial charge in [-0.15, -0.1) is 0 Å². The second-order valence-electron chi connectivity index (χ2n) is 7.03. The molecule has 0 spiro atoms. The van der Waals surface area contributed by atoms with E-state index in [1.165, 1.54) is 0 Å². The predicted molar refractivity (Wildman–Crippen MR) is 109 cm³/mol. The maximum atomic E-state index is 4.98. The van der Waals surface area contributed by atoms with Crippen molar-refractivity contribution in [2.75, 3.05) is 23.3 Å². The molecule has 0 fully saturated rings. The molecule has 7 heteroatoms. The van der Waals surface area contributed by atoms with Crippen LogP contribution in [0, 0.1) is 27.7 Å². The summed E-state index contributed by atoms with van der Waals surface area (Å²) in [7, 11) is 0. The minimum absolute atomic E-state index is 0.726.